The van der Waals surface area contributed by atoms with E-state index in [1.165, 1.54) is 0 Å². The number of nitrogen functional groups attached to an aromatic ring is 2. The zero-order valence-electron chi connectivity index (χ0n) is 10.6. The van der Waals surface area contributed by atoms with Gasteiger partial charge in [0.05, 0.1) is 0 Å². The number of anilines is 2. The Balaban J connectivity index is 1.78. The Labute approximate surface area is 116 Å². The Bertz CT molecular complexity index is 557. The standard InChI is InChI=1S/C12H14N4O3P/c13-11-5-9(1-3-15-11)7-18-20(17)19-8-10-2-4-16-12(14)6-10/h1-6H,7-8H2,(H2,13,15)(H2,14,16)/q+1. The van der Waals surface area contributed by atoms with E-state index in [0.29, 0.717) is 11.6 Å². The average molecular weight is 293 g/mol. The molecule has 7 nitrogen and oxygen atoms in total. The lowest BCUT2D eigenvalue weighted by Gasteiger charge is -1.97. The monoisotopic (exact) mass is 293 g/mol. The molecule has 2 rings (SSSR count). The summed E-state index contributed by atoms with van der Waals surface area (Å²) >= 11 is 0. The molecule has 2 aromatic rings. The maximum absolute atomic E-state index is 11.6. The maximum Gasteiger partial charge on any atom is 0.698 e. The summed E-state index contributed by atoms with van der Waals surface area (Å²) in [6.07, 6.45) is 3.11. The first kappa shape index (κ1) is 14.3. The molecule has 0 aliphatic carbocycles. The van der Waals surface area contributed by atoms with Crippen molar-refractivity contribution < 1.29 is 13.6 Å². The summed E-state index contributed by atoms with van der Waals surface area (Å²) < 4.78 is 21.8. The highest BCUT2D eigenvalue weighted by Gasteiger charge is 2.20. The van der Waals surface area contributed by atoms with Gasteiger partial charge in [-0.25, -0.2) is 9.97 Å². The molecule has 4 N–H and O–H groups in total. The molecule has 0 amide bonds. The van der Waals surface area contributed by atoms with Gasteiger partial charge in [-0.05, 0) is 35.4 Å². The molecule has 0 atom stereocenters. The van der Waals surface area contributed by atoms with Crippen LogP contribution in [-0.2, 0) is 26.8 Å². The Morgan fingerprint density at radius 3 is 1.80 bits per heavy atom. The van der Waals surface area contributed by atoms with Crippen LogP contribution in [0.4, 0.5) is 11.6 Å². The number of nitrogens with zero attached hydrogens (tertiary/aromatic N) is 2. The van der Waals surface area contributed by atoms with E-state index in [0.717, 1.165) is 11.1 Å². The van der Waals surface area contributed by atoms with Crippen molar-refractivity contribution in [3.8, 4) is 0 Å². The van der Waals surface area contributed by atoms with Crippen molar-refractivity contribution in [2.75, 3.05) is 11.5 Å². The van der Waals surface area contributed by atoms with Crippen LogP contribution in [0.2, 0.25) is 0 Å². The van der Waals surface area contributed by atoms with Crippen molar-refractivity contribution in [2.45, 2.75) is 13.2 Å². The lowest BCUT2D eigenvalue weighted by Crippen LogP contribution is -1.95. The fraction of sp³-hybridized carbons (Fsp3) is 0.167. The molecule has 0 unspecified atom stereocenters. The first-order valence-corrected chi connectivity index (χ1v) is 6.87. The third-order valence-electron chi connectivity index (χ3n) is 2.36. The Morgan fingerprint density at radius 1 is 0.950 bits per heavy atom. The molecule has 0 aliphatic heterocycles. The molecule has 0 saturated carbocycles. The minimum Gasteiger partial charge on any atom is -0.384 e. The van der Waals surface area contributed by atoms with Gasteiger partial charge in [-0.15, -0.1) is 9.05 Å². The smallest absolute Gasteiger partial charge is 0.384 e. The van der Waals surface area contributed by atoms with Crippen molar-refractivity contribution in [3.05, 3.63) is 47.8 Å². The third kappa shape index (κ3) is 4.55. The van der Waals surface area contributed by atoms with E-state index in [2.05, 4.69) is 9.97 Å². The first-order valence-electron chi connectivity index (χ1n) is 5.77. The van der Waals surface area contributed by atoms with Gasteiger partial charge in [0.25, 0.3) is 0 Å². The summed E-state index contributed by atoms with van der Waals surface area (Å²) in [5, 5.41) is 0. The summed E-state index contributed by atoms with van der Waals surface area (Å²) in [4.78, 5) is 7.70. The quantitative estimate of drug-likeness (QED) is 0.783. The van der Waals surface area contributed by atoms with Crippen molar-refractivity contribution in [2.24, 2.45) is 0 Å². The molecule has 2 heterocycles. The molecule has 2 aromatic heterocycles. The predicted octanol–water partition coefficient (Wildman–Crippen LogP) is 2.03. The van der Waals surface area contributed by atoms with Gasteiger partial charge in [0.1, 0.15) is 24.8 Å². The van der Waals surface area contributed by atoms with Gasteiger partial charge >= 0.3 is 8.25 Å². The van der Waals surface area contributed by atoms with Crippen molar-refractivity contribution in [1.82, 2.24) is 9.97 Å². The number of hydrogen-bond acceptors (Lipinski definition) is 7. The molecule has 20 heavy (non-hydrogen) atoms. The van der Waals surface area contributed by atoms with Crippen LogP contribution in [0.15, 0.2) is 36.7 Å². The molecule has 104 valence electrons. The fourth-order valence-electron chi connectivity index (χ4n) is 1.46. The minimum absolute atomic E-state index is 0.139. The highest BCUT2D eigenvalue weighted by atomic mass is 31.1. The molecule has 0 fully saturated rings. The van der Waals surface area contributed by atoms with Crippen LogP contribution in [0.5, 0.6) is 0 Å². The number of hydrogen-bond donors (Lipinski definition) is 2. The lowest BCUT2D eigenvalue weighted by atomic mass is 10.3. The first-order chi connectivity index (χ1) is 9.63. The highest BCUT2D eigenvalue weighted by molar-refractivity contribution is 7.33. The fourth-order valence-corrected chi connectivity index (χ4v) is 2.04. The SMILES string of the molecule is Nc1cc(CO[P+](=O)OCc2ccnc(N)c2)ccn1. The summed E-state index contributed by atoms with van der Waals surface area (Å²) in [6.45, 7) is 0.279. The van der Waals surface area contributed by atoms with Crippen molar-refractivity contribution >= 4 is 19.9 Å². The average Bonchev–Trinajstić information content (AvgIpc) is 2.43. The van der Waals surface area contributed by atoms with Crippen LogP contribution in [0.3, 0.4) is 0 Å². The van der Waals surface area contributed by atoms with Crippen LogP contribution < -0.4 is 11.5 Å². The Kier molecular flexibility index (Phi) is 4.95. The summed E-state index contributed by atoms with van der Waals surface area (Å²) in [6, 6.07) is 6.74. The lowest BCUT2D eigenvalue weighted by molar-refractivity contribution is 0.213. The van der Waals surface area contributed by atoms with Gasteiger partial charge in [-0.2, -0.15) is 0 Å². The molecular weight excluding hydrogens is 279 g/mol. The van der Waals surface area contributed by atoms with Gasteiger partial charge in [0, 0.05) is 17.0 Å². The Morgan fingerprint density at radius 2 is 1.40 bits per heavy atom. The topological polar surface area (TPSA) is 113 Å². The molecule has 8 heteroatoms. The summed E-state index contributed by atoms with van der Waals surface area (Å²) in [7, 11) is -2.22. The van der Waals surface area contributed by atoms with E-state index < -0.39 is 8.25 Å². The number of rotatable bonds is 6. The number of pyridine rings is 2. The van der Waals surface area contributed by atoms with Gasteiger partial charge in [0.2, 0.25) is 0 Å². The van der Waals surface area contributed by atoms with Crippen LogP contribution in [0.25, 0.3) is 0 Å². The van der Waals surface area contributed by atoms with Crippen LogP contribution in [0, 0.1) is 0 Å². The molecular formula is C12H14N4O3P+. The second-order valence-electron chi connectivity index (χ2n) is 3.95. The van der Waals surface area contributed by atoms with Gasteiger partial charge in [-0.3, -0.25) is 0 Å². The predicted molar refractivity (Wildman–Crippen MR) is 74.5 cm³/mol. The second kappa shape index (κ2) is 6.91. The third-order valence-corrected chi connectivity index (χ3v) is 3.04. The normalized spacial score (nSPS) is 10.4. The molecule has 0 bridgehead atoms. The molecule has 0 aliphatic rings. The molecule has 0 saturated heterocycles. The van der Waals surface area contributed by atoms with Crippen molar-refractivity contribution in [1.29, 1.82) is 0 Å². The maximum atomic E-state index is 11.6. The second-order valence-corrected chi connectivity index (χ2v) is 4.91. The molecule has 0 radical (unpaired) electrons. The minimum atomic E-state index is -2.22. The zero-order valence-corrected chi connectivity index (χ0v) is 11.5. The highest BCUT2D eigenvalue weighted by Crippen LogP contribution is 2.27. The van der Waals surface area contributed by atoms with E-state index in [9.17, 15) is 4.57 Å². The Hall–Kier alpha value is -2.08. The summed E-state index contributed by atoms with van der Waals surface area (Å²) in [5.74, 6) is 0.768. The van der Waals surface area contributed by atoms with Gasteiger partial charge in [0.15, 0.2) is 0 Å². The zero-order chi connectivity index (χ0) is 14.4. The van der Waals surface area contributed by atoms with E-state index >= 15 is 0 Å². The number of aromatic nitrogens is 2. The van der Waals surface area contributed by atoms with Crippen LogP contribution in [0.1, 0.15) is 11.1 Å². The van der Waals surface area contributed by atoms with Gasteiger partial charge in [-0.1, -0.05) is 0 Å². The van der Waals surface area contributed by atoms with E-state index in [1.807, 2.05) is 0 Å². The molecule has 0 spiro atoms. The largest absolute Gasteiger partial charge is 0.698 e. The van der Waals surface area contributed by atoms with E-state index in [1.54, 1.807) is 36.7 Å². The number of nitrogens with two attached hydrogens (primary N) is 2. The molecule has 0 aromatic carbocycles. The van der Waals surface area contributed by atoms with E-state index in [4.69, 9.17) is 20.5 Å². The van der Waals surface area contributed by atoms with E-state index in [-0.39, 0.29) is 13.2 Å². The van der Waals surface area contributed by atoms with Crippen molar-refractivity contribution in [3.63, 3.8) is 0 Å². The summed E-state index contributed by atoms with van der Waals surface area (Å²) in [5.41, 5.74) is 12.6. The van der Waals surface area contributed by atoms with Gasteiger partial charge < -0.3 is 11.5 Å². The van der Waals surface area contributed by atoms with Crippen LogP contribution >= 0.6 is 8.25 Å². The van der Waals surface area contributed by atoms with Crippen LogP contribution in [-0.4, -0.2) is 9.97 Å².